The van der Waals surface area contributed by atoms with Crippen LogP contribution < -0.4 is 14.8 Å². The number of rotatable bonds is 7. The molecular formula is C24H25N5O3. The van der Waals surface area contributed by atoms with E-state index in [9.17, 15) is 4.79 Å². The molecule has 0 bridgehead atoms. The maximum Gasteiger partial charge on any atom is 0.261 e. The highest BCUT2D eigenvalue weighted by Crippen LogP contribution is 2.22. The number of benzene rings is 2. The standard InChI is InChI=1S/C24H25N5O3/c1-15-5-9-20(10-6-15)32-17(3)24(30)26-16(2)23-27-22-13-21(25-14-29(22)28-23)18-7-11-19(31-4)12-8-18/h5-14,16-17H,1-4H3,(H,26,30)/t16-,17+/m1/s1. The molecule has 0 aliphatic heterocycles. The second kappa shape index (κ2) is 9.05. The van der Waals surface area contributed by atoms with Crippen LogP contribution >= 0.6 is 0 Å². The highest BCUT2D eigenvalue weighted by atomic mass is 16.5. The molecule has 0 aliphatic carbocycles. The van der Waals surface area contributed by atoms with Gasteiger partial charge in [0, 0.05) is 11.6 Å². The molecule has 8 heteroatoms. The first-order chi connectivity index (χ1) is 15.4. The minimum absolute atomic E-state index is 0.242. The Labute approximate surface area is 186 Å². The fraction of sp³-hybridized carbons (Fsp3) is 0.250. The first-order valence-electron chi connectivity index (χ1n) is 10.3. The van der Waals surface area contributed by atoms with E-state index in [4.69, 9.17) is 9.47 Å². The quantitative estimate of drug-likeness (QED) is 0.479. The molecule has 4 aromatic rings. The monoisotopic (exact) mass is 431 g/mol. The molecule has 2 aromatic heterocycles. The number of nitrogens with one attached hydrogen (secondary N) is 1. The number of hydrogen-bond acceptors (Lipinski definition) is 6. The van der Waals surface area contributed by atoms with E-state index in [0.29, 0.717) is 17.2 Å². The van der Waals surface area contributed by atoms with Gasteiger partial charge in [0.1, 0.15) is 17.8 Å². The van der Waals surface area contributed by atoms with Gasteiger partial charge in [0.05, 0.1) is 18.8 Å². The molecule has 2 atom stereocenters. The summed E-state index contributed by atoms with van der Waals surface area (Å²) in [5, 5.41) is 7.36. The van der Waals surface area contributed by atoms with Crippen LogP contribution in [-0.4, -0.2) is 38.7 Å². The van der Waals surface area contributed by atoms with E-state index in [1.54, 1.807) is 24.9 Å². The summed E-state index contributed by atoms with van der Waals surface area (Å²) in [4.78, 5) is 21.6. The van der Waals surface area contributed by atoms with E-state index in [0.717, 1.165) is 22.6 Å². The number of fused-ring (bicyclic) bond motifs is 1. The largest absolute Gasteiger partial charge is 0.497 e. The van der Waals surface area contributed by atoms with Gasteiger partial charge in [-0.1, -0.05) is 17.7 Å². The molecule has 8 nitrogen and oxygen atoms in total. The summed E-state index contributed by atoms with van der Waals surface area (Å²) >= 11 is 0. The normalized spacial score (nSPS) is 12.9. The van der Waals surface area contributed by atoms with Gasteiger partial charge in [-0.15, -0.1) is 5.10 Å². The van der Waals surface area contributed by atoms with Crippen molar-refractivity contribution in [2.75, 3.05) is 7.11 Å². The summed E-state index contributed by atoms with van der Waals surface area (Å²) in [5.41, 5.74) is 3.49. The van der Waals surface area contributed by atoms with Crippen molar-refractivity contribution in [1.29, 1.82) is 0 Å². The molecular weight excluding hydrogens is 406 g/mol. The molecule has 0 unspecified atom stereocenters. The molecule has 0 saturated heterocycles. The molecule has 32 heavy (non-hydrogen) atoms. The zero-order chi connectivity index (χ0) is 22.7. The topological polar surface area (TPSA) is 90.6 Å². The Bertz CT molecular complexity index is 1220. The average molecular weight is 431 g/mol. The van der Waals surface area contributed by atoms with E-state index in [2.05, 4.69) is 20.4 Å². The fourth-order valence-electron chi connectivity index (χ4n) is 3.19. The van der Waals surface area contributed by atoms with Crippen LogP contribution in [0.15, 0.2) is 60.9 Å². The van der Waals surface area contributed by atoms with E-state index in [-0.39, 0.29) is 5.91 Å². The van der Waals surface area contributed by atoms with Crippen molar-refractivity contribution in [2.45, 2.75) is 32.9 Å². The van der Waals surface area contributed by atoms with Crippen molar-refractivity contribution >= 4 is 11.6 Å². The van der Waals surface area contributed by atoms with Gasteiger partial charge in [0.25, 0.3) is 5.91 Å². The van der Waals surface area contributed by atoms with Crippen LogP contribution in [0, 0.1) is 6.92 Å². The molecule has 0 fully saturated rings. The summed E-state index contributed by atoms with van der Waals surface area (Å²) in [7, 11) is 1.63. The Balaban J connectivity index is 1.45. The summed E-state index contributed by atoms with van der Waals surface area (Å²) in [6.07, 6.45) is 0.962. The fourth-order valence-corrected chi connectivity index (χ4v) is 3.19. The number of aromatic nitrogens is 4. The van der Waals surface area contributed by atoms with Gasteiger partial charge in [-0.2, -0.15) is 0 Å². The van der Waals surface area contributed by atoms with Crippen LogP contribution in [0.5, 0.6) is 11.5 Å². The third-order valence-electron chi connectivity index (χ3n) is 5.08. The zero-order valence-electron chi connectivity index (χ0n) is 18.4. The first-order valence-corrected chi connectivity index (χ1v) is 10.3. The molecule has 0 aliphatic rings. The maximum absolute atomic E-state index is 12.6. The minimum atomic E-state index is -0.652. The summed E-state index contributed by atoms with van der Waals surface area (Å²) in [6, 6.07) is 16.7. The molecule has 0 spiro atoms. The van der Waals surface area contributed by atoms with Crippen LogP contribution in [-0.2, 0) is 4.79 Å². The molecule has 2 aromatic carbocycles. The molecule has 1 amide bonds. The van der Waals surface area contributed by atoms with Crippen molar-refractivity contribution in [3.63, 3.8) is 0 Å². The van der Waals surface area contributed by atoms with Crippen molar-refractivity contribution in [3.05, 3.63) is 72.3 Å². The third-order valence-corrected chi connectivity index (χ3v) is 5.08. The summed E-state index contributed by atoms with van der Waals surface area (Å²) in [6.45, 7) is 5.55. The number of carbonyl (C=O) groups excluding carboxylic acids is 1. The Morgan fingerprint density at radius 1 is 1.03 bits per heavy atom. The predicted molar refractivity (Wildman–Crippen MR) is 121 cm³/mol. The maximum atomic E-state index is 12.6. The number of ether oxygens (including phenoxy) is 2. The van der Waals surface area contributed by atoms with E-state index in [1.165, 1.54) is 0 Å². The van der Waals surface area contributed by atoms with E-state index >= 15 is 0 Å². The summed E-state index contributed by atoms with van der Waals surface area (Å²) in [5.74, 6) is 1.68. The Hall–Kier alpha value is -3.94. The van der Waals surface area contributed by atoms with Gasteiger partial charge in [-0.3, -0.25) is 4.79 Å². The minimum Gasteiger partial charge on any atom is -0.497 e. The number of amides is 1. The van der Waals surface area contributed by atoms with Crippen molar-refractivity contribution < 1.29 is 14.3 Å². The first kappa shape index (κ1) is 21.3. The number of aryl methyl sites for hydroxylation is 1. The molecule has 0 radical (unpaired) electrons. The average Bonchev–Trinajstić information content (AvgIpc) is 3.24. The summed E-state index contributed by atoms with van der Waals surface area (Å²) < 4.78 is 12.5. The van der Waals surface area contributed by atoms with Crippen molar-refractivity contribution in [3.8, 4) is 22.8 Å². The van der Waals surface area contributed by atoms with Crippen LogP contribution in [0.25, 0.3) is 16.9 Å². The number of carbonyl (C=O) groups is 1. The molecule has 4 rings (SSSR count). The van der Waals surface area contributed by atoms with Crippen molar-refractivity contribution in [2.24, 2.45) is 0 Å². The van der Waals surface area contributed by atoms with Gasteiger partial charge in [-0.25, -0.2) is 14.5 Å². The molecule has 2 heterocycles. The van der Waals surface area contributed by atoms with Crippen LogP contribution in [0.4, 0.5) is 0 Å². The van der Waals surface area contributed by atoms with E-state index < -0.39 is 12.1 Å². The lowest BCUT2D eigenvalue weighted by Gasteiger charge is -2.17. The smallest absolute Gasteiger partial charge is 0.261 e. The van der Waals surface area contributed by atoms with Gasteiger partial charge < -0.3 is 14.8 Å². The Morgan fingerprint density at radius 2 is 1.72 bits per heavy atom. The lowest BCUT2D eigenvalue weighted by atomic mass is 10.1. The van der Waals surface area contributed by atoms with Gasteiger partial charge in [0.2, 0.25) is 0 Å². The third kappa shape index (κ3) is 4.69. The zero-order valence-corrected chi connectivity index (χ0v) is 18.4. The number of hydrogen-bond donors (Lipinski definition) is 1. The molecule has 0 saturated carbocycles. The van der Waals surface area contributed by atoms with Crippen LogP contribution in [0.1, 0.15) is 31.3 Å². The van der Waals surface area contributed by atoms with Gasteiger partial charge in [-0.05, 0) is 57.2 Å². The van der Waals surface area contributed by atoms with E-state index in [1.807, 2.05) is 68.4 Å². The number of nitrogens with zero attached hydrogens (tertiary/aromatic N) is 4. The highest BCUT2D eigenvalue weighted by Gasteiger charge is 2.20. The van der Waals surface area contributed by atoms with Crippen LogP contribution in [0.2, 0.25) is 0 Å². The SMILES string of the molecule is COc1ccc(-c2cc3nc([C@@H](C)NC(=O)[C@H](C)Oc4ccc(C)cc4)nn3cn2)cc1. The second-order valence-corrected chi connectivity index (χ2v) is 7.58. The van der Waals surface area contributed by atoms with Gasteiger partial charge >= 0.3 is 0 Å². The highest BCUT2D eigenvalue weighted by molar-refractivity contribution is 5.81. The predicted octanol–water partition coefficient (Wildman–Crippen LogP) is 3.75. The molecule has 1 N–H and O–H groups in total. The van der Waals surface area contributed by atoms with Gasteiger partial charge in [0.15, 0.2) is 17.6 Å². The molecule has 164 valence electrons. The second-order valence-electron chi connectivity index (χ2n) is 7.58. The lowest BCUT2D eigenvalue weighted by molar-refractivity contribution is -0.128. The van der Waals surface area contributed by atoms with Crippen LogP contribution in [0.3, 0.4) is 0 Å². The Morgan fingerprint density at radius 3 is 2.41 bits per heavy atom. The van der Waals surface area contributed by atoms with Crippen molar-refractivity contribution in [1.82, 2.24) is 24.9 Å². The lowest BCUT2D eigenvalue weighted by Crippen LogP contribution is -2.38. The Kier molecular flexibility index (Phi) is 6.02. The number of methoxy groups -OCH3 is 1.